The van der Waals surface area contributed by atoms with Crippen molar-refractivity contribution < 1.29 is 8.42 Å². The number of nitrogens with one attached hydrogen (secondary N) is 2. The largest absolute Gasteiger partial charge is 0.371 e. The Morgan fingerprint density at radius 2 is 1.60 bits per heavy atom. The molecule has 0 aliphatic heterocycles. The molecule has 0 aliphatic carbocycles. The van der Waals surface area contributed by atoms with E-state index in [1.54, 1.807) is 20.8 Å². The van der Waals surface area contributed by atoms with E-state index in [1.165, 1.54) is 5.69 Å². The Hall–Kier alpha value is -1.11. The first-order valence-corrected chi connectivity index (χ1v) is 10.8. The summed E-state index contributed by atoms with van der Waals surface area (Å²) >= 11 is 0. The highest BCUT2D eigenvalue weighted by Gasteiger charge is 2.27. The number of unbranched alkanes of at least 4 members (excludes halogenated alkanes) is 2. The van der Waals surface area contributed by atoms with Crippen LogP contribution in [-0.4, -0.2) is 45.9 Å². The van der Waals surface area contributed by atoms with Crippen molar-refractivity contribution in [1.29, 1.82) is 0 Å². The fraction of sp³-hybridized carbons (Fsp3) is 0.684. The molecule has 0 fully saturated rings. The third-order valence-electron chi connectivity index (χ3n) is 4.19. The summed E-state index contributed by atoms with van der Waals surface area (Å²) in [5, 5.41) is 3.47. The van der Waals surface area contributed by atoms with E-state index in [4.69, 9.17) is 0 Å². The van der Waals surface area contributed by atoms with Crippen LogP contribution in [-0.2, 0) is 10.0 Å². The van der Waals surface area contributed by atoms with Crippen LogP contribution in [0.2, 0.25) is 0 Å². The Bertz CT molecular complexity index is 568. The number of benzene rings is 1. The molecule has 25 heavy (non-hydrogen) atoms. The van der Waals surface area contributed by atoms with E-state index in [-0.39, 0.29) is 0 Å². The summed E-state index contributed by atoms with van der Waals surface area (Å²) in [5.41, 5.74) is 1.26. The lowest BCUT2D eigenvalue weighted by atomic mass is 10.2. The highest BCUT2D eigenvalue weighted by molar-refractivity contribution is 7.90. The number of hydrogen-bond donors (Lipinski definition) is 2. The van der Waals surface area contributed by atoms with Gasteiger partial charge in [-0.1, -0.05) is 24.6 Å². The van der Waals surface area contributed by atoms with Crippen LogP contribution in [0.4, 0.5) is 5.69 Å². The number of rotatable bonds is 12. The van der Waals surface area contributed by atoms with E-state index < -0.39 is 14.8 Å². The minimum Gasteiger partial charge on any atom is -0.371 e. The minimum atomic E-state index is -3.21. The molecule has 0 aromatic heterocycles. The van der Waals surface area contributed by atoms with Crippen LogP contribution >= 0.6 is 0 Å². The second kappa shape index (κ2) is 10.8. The van der Waals surface area contributed by atoms with Crippen LogP contribution in [0.5, 0.6) is 0 Å². The van der Waals surface area contributed by atoms with Gasteiger partial charge in [0.15, 0.2) is 0 Å². The van der Waals surface area contributed by atoms with Crippen LogP contribution in [0.1, 0.15) is 47.0 Å². The Kier molecular flexibility index (Phi) is 9.46. The number of anilines is 1. The van der Waals surface area contributed by atoms with E-state index >= 15 is 0 Å². The van der Waals surface area contributed by atoms with E-state index in [9.17, 15) is 8.42 Å². The van der Waals surface area contributed by atoms with Crippen molar-refractivity contribution in [1.82, 2.24) is 10.0 Å². The van der Waals surface area contributed by atoms with Crippen molar-refractivity contribution >= 4 is 15.7 Å². The second-order valence-electron chi connectivity index (χ2n) is 7.24. The van der Waals surface area contributed by atoms with Crippen molar-refractivity contribution in [3.05, 3.63) is 30.3 Å². The van der Waals surface area contributed by atoms with Gasteiger partial charge in [-0.2, -0.15) is 0 Å². The molecule has 0 atom stereocenters. The van der Waals surface area contributed by atoms with E-state index in [0.29, 0.717) is 6.54 Å². The van der Waals surface area contributed by atoms with Gasteiger partial charge in [0.25, 0.3) is 0 Å². The van der Waals surface area contributed by atoms with Gasteiger partial charge < -0.3 is 10.2 Å². The molecule has 5 nitrogen and oxygen atoms in total. The van der Waals surface area contributed by atoms with Gasteiger partial charge in [0.05, 0.1) is 4.75 Å². The van der Waals surface area contributed by atoms with Crippen molar-refractivity contribution in [3.63, 3.8) is 0 Å². The highest BCUT2D eigenvalue weighted by Crippen LogP contribution is 2.13. The van der Waals surface area contributed by atoms with Gasteiger partial charge in [0.2, 0.25) is 10.0 Å². The van der Waals surface area contributed by atoms with Crippen LogP contribution in [0.25, 0.3) is 0 Å². The highest BCUT2D eigenvalue weighted by atomic mass is 32.2. The van der Waals surface area contributed by atoms with Gasteiger partial charge in [-0.15, -0.1) is 0 Å². The molecule has 144 valence electrons. The molecule has 6 heteroatoms. The van der Waals surface area contributed by atoms with E-state index in [1.807, 2.05) is 6.07 Å². The monoisotopic (exact) mass is 369 g/mol. The fourth-order valence-corrected chi connectivity index (χ4v) is 3.27. The maximum absolute atomic E-state index is 11.9. The second-order valence-corrected chi connectivity index (χ2v) is 9.76. The zero-order valence-corrected chi connectivity index (χ0v) is 17.0. The predicted molar refractivity (Wildman–Crippen MR) is 108 cm³/mol. The third kappa shape index (κ3) is 8.21. The number of para-hydroxylation sites is 1. The number of nitrogens with zero attached hydrogens (tertiary/aromatic N) is 1. The Morgan fingerprint density at radius 3 is 2.20 bits per heavy atom. The summed E-state index contributed by atoms with van der Waals surface area (Å²) in [6, 6.07) is 10.5. The smallest absolute Gasteiger partial charge is 0.216 e. The van der Waals surface area contributed by atoms with Crippen LogP contribution < -0.4 is 14.9 Å². The van der Waals surface area contributed by atoms with Crippen molar-refractivity contribution in [2.75, 3.05) is 37.6 Å². The summed E-state index contributed by atoms with van der Waals surface area (Å²) in [6.07, 6.45) is 2.96. The molecule has 0 aliphatic rings. The Labute approximate surface area is 154 Å². The molecule has 0 saturated carbocycles. The summed E-state index contributed by atoms with van der Waals surface area (Å²) in [6.45, 7) is 11.8. The van der Waals surface area contributed by atoms with Crippen molar-refractivity contribution in [3.8, 4) is 0 Å². The molecule has 0 unspecified atom stereocenters. The van der Waals surface area contributed by atoms with Gasteiger partial charge in [0.1, 0.15) is 0 Å². The van der Waals surface area contributed by atoms with Crippen molar-refractivity contribution in [2.45, 2.75) is 51.7 Å². The third-order valence-corrected chi connectivity index (χ3v) is 6.39. The maximum Gasteiger partial charge on any atom is 0.216 e. The first kappa shape index (κ1) is 21.9. The Morgan fingerprint density at radius 1 is 0.960 bits per heavy atom. The van der Waals surface area contributed by atoms with Crippen LogP contribution in [0.15, 0.2) is 30.3 Å². The molecule has 2 N–H and O–H groups in total. The number of sulfonamides is 1. The normalized spacial score (nSPS) is 12.3. The van der Waals surface area contributed by atoms with Crippen LogP contribution in [0, 0.1) is 0 Å². The molecule has 0 radical (unpaired) electrons. The number of hydrogen-bond acceptors (Lipinski definition) is 4. The first-order chi connectivity index (χ1) is 11.8. The van der Waals surface area contributed by atoms with Gasteiger partial charge in [-0.05, 0) is 59.2 Å². The molecule has 0 heterocycles. The lowest BCUT2D eigenvalue weighted by molar-refractivity contribution is 0.537. The average molecular weight is 370 g/mol. The fourth-order valence-electron chi connectivity index (χ4n) is 2.42. The standard InChI is InChI=1S/C19H35N3O2S/c1-5-22(18-12-8-6-9-13-18)17-16-20-14-10-7-11-15-21-25(23,24)19(2,3)4/h6,8-9,12-13,20-21H,5,7,10-11,14-17H2,1-4H3. The molecule has 1 aromatic rings. The molecule has 0 spiro atoms. The lowest BCUT2D eigenvalue weighted by Gasteiger charge is -2.23. The summed E-state index contributed by atoms with van der Waals surface area (Å²) in [5.74, 6) is 0. The molecule has 0 saturated heterocycles. The van der Waals surface area contributed by atoms with Gasteiger partial charge in [-0.3, -0.25) is 0 Å². The topological polar surface area (TPSA) is 61.4 Å². The Balaban J connectivity index is 2.07. The molecule has 0 amide bonds. The van der Waals surface area contributed by atoms with E-state index in [0.717, 1.165) is 45.4 Å². The molecule has 1 aromatic carbocycles. The molecular weight excluding hydrogens is 334 g/mol. The first-order valence-electron chi connectivity index (χ1n) is 9.28. The zero-order valence-electron chi connectivity index (χ0n) is 16.2. The van der Waals surface area contributed by atoms with Gasteiger partial charge in [0, 0.05) is 31.9 Å². The zero-order chi connectivity index (χ0) is 18.8. The van der Waals surface area contributed by atoms with Crippen molar-refractivity contribution in [2.24, 2.45) is 0 Å². The number of likely N-dealkylation sites (N-methyl/N-ethyl adjacent to an activating group) is 1. The summed E-state index contributed by atoms with van der Waals surface area (Å²) in [4.78, 5) is 2.36. The minimum absolute atomic E-state index is 0.525. The summed E-state index contributed by atoms with van der Waals surface area (Å²) < 4.78 is 25.8. The lowest BCUT2D eigenvalue weighted by Crippen LogP contribution is -2.39. The SMILES string of the molecule is CCN(CCNCCCCCNS(=O)(=O)C(C)(C)C)c1ccccc1. The van der Waals surface area contributed by atoms with Gasteiger partial charge in [-0.25, -0.2) is 13.1 Å². The maximum atomic E-state index is 11.9. The molecule has 0 bridgehead atoms. The molecule has 1 rings (SSSR count). The van der Waals surface area contributed by atoms with Crippen LogP contribution in [0.3, 0.4) is 0 Å². The van der Waals surface area contributed by atoms with Gasteiger partial charge >= 0.3 is 0 Å². The van der Waals surface area contributed by atoms with E-state index in [2.05, 4.69) is 46.1 Å². The molecular formula is C19H35N3O2S. The summed E-state index contributed by atoms with van der Waals surface area (Å²) in [7, 11) is -3.21. The quantitative estimate of drug-likeness (QED) is 0.556. The average Bonchev–Trinajstić information content (AvgIpc) is 2.56. The predicted octanol–water partition coefficient (Wildman–Crippen LogP) is 2.99.